The summed E-state index contributed by atoms with van der Waals surface area (Å²) in [6.07, 6.45) is 6.03. The monoisotopic (exact) mass is 460 g/mol. The van der Waals surface area contributed by atoms with E-state index >= 15 is 0 Å². The normalized spacial score (nSPS) is 11.5. The van der Waals surface area contributed by atoms with Crippen LogP contribution in [0.5, 0.6) is 0 Å². The van der Waals surface area contributed by atoms with Gasteiger partial charge in [-0.05, 0) is 25.3 Å². The number of guanidine groups is 1. The van der Waals surface area contributed by atoms with Crippen LogP contribution in [0, 0.1) is 6.92 Å². The number of nitrogens with zero attached hydrogens (tertiary/aromatic N) is 4. The van der Waals surface area contributed by atoms with E-state index in [1.54, 1.807) is 7.05 Å². The summed E-state index contributed by atoms with van der Waals surface area (Å²) in [4.78, 5) is 4.22. The first-order valence-corrected chi connectivity index (χ1v) is 8.55. The van der Waals surface area contributed by atoms with Gasteiger partial charge < -0.3 is 15.2 Å². The zero-order chi connectivity index (χ0) is 17.4. The summed E-state index contributed by atoms with van der Waals surface area (Å²) in [6.45, 7) is 8.48. The molecule has 25 heavy (non-hydrogen) atoms. The maximum absolute atomic E-state index is 5.41. The second kappa shape index (κ2) is 11.1. The molecule has 2 aromatic rings. The van der Waals surface area contributed by atoms with E-state index < -0.39 is 0 Å². The highest BCUT2D eigenvalue weighted by Gasteiger charge is 2.13. The predicted molar refractivity (Wildman–Crippen MR) is 110 cm³/mol. The van der Waals surface area contributed by atoms with E-state index in [2.05, 4.69) is 39.7 Å². The van der Waals surface area contributed by atoms with Gasteiger partial charge in [0.15, 0.2) is 11.7 Å². The molecule has 2 N–H and O–H groups in total. The summed E-state index contributed by atoms with van der Waals surface area (Å²) in [5.74, 6) is 2.03. The Hall–Kier alpha value is -1.58. The molecule has 0 radical (unpaired) electrons. The third-order valence-corrected chi connectivity index (χ3v) is 4.03. The van der Waals surface area contributed by atoms with E-state index in [1.165, 1.54) is 0 Å². The molecule has 7 nitrogen and oxygen atoms in total. The molecule has 2 aromatic heterocycles. The second-order valence-electron chi connectivity index (χ2n) is 5.86. The lowest BCUT2D eigenvalue weighted by atomic mass is 9.99. The van der Waals surface area contributed by atoms with Crippen LogP contribution in [0.25, 0.3) is 0 Å². The molecule has 0 spiro atoms. The number of hydrogen-bond donors (Lipinski definition) is 2. The van der Waals surface area contributed by atoms with Crippen molar-refractivity contribution in [3.05, 3.63) is 35.5 Å². The number of nitrogens with one attached hydrogen (secondary N) is 2. The Morgan fingerprint density at radius 3 is 2.68 bits per heavy atom. The van der Waals surface area contributed by atoms with Crippen LogP contribution in [0.3, 0.4) is 0 Å². The van der Waals surface area contributed by atoms with Crippen LogP contribution >= 0.6 is 24.0 Å². The summed E-state index contributed by atoms with van der Waals surface area (Å²) in [6, 6.07) is 2.03. The second-order valence-corrected chi connectivity index (χ2v) is 5.86. The van der Waals surface area contributed by atoms with Crippen LogP contribution in [0.1, 0.15) is 49.6 Å². The highest BCUT2D eigenvalue weighted by Crippen LogP contribution is 2.22. The van der Waals surface area contributed by atoms with Gasteiger partial charge in [-0.1, -0.05) is 19.0 Å². The van der Waals surface area contributed by atoms with E-state index in [4.69, 9.17) is 4.52 Å². The van der Waals surface area contributed by atoms with Crippen LogP contribution in [-0.2, 0) is 13.1 Å². The van der Waals surface area contributed by atoms with Crippen molar-refractivity contribution in [2.45, 2.75) is 52.6 Å². The third-order valence-electron chi connectivity index (χ3n) is 4.03. The molecule has 2 rings (SSSR count). The fourth-order valence-electron chi connectivity index (χ4n) is 2.58. The molecule has 0 bridgehead atoms. The van der Waals surface area contributed by atoms with Crippen LogP contribution in [0.15, 0.2) is 28.0 Å². The molecular formula is C17H29IN6O. The SMILES string of the molecule is CCC(CC)c1cc(CNC(=NC)NCCn2cc(C)cn2)on1.I. The summed E-state index contributed by atoms with van der Waals surface area (Å²) in [5.41, 5.74) is 2.20. The number of aromatic nitrogens is 3. The highest BCUT2D eigenvalue weighted by molar-refractivity contribution is 14.0. The molecule has 140 valence electrons. The van der Waals surface area contributed by atoms with E-state index in [1.807, 2.05) is 30.1 Å². The van der Waals surface area contributed by atoms with E-state index in [9.17, 15) is 0 Å². The van der Waals surface area contributed by atoms with Crippen molar-refractivity contribution >= 4 is 29.9 Å². The lowest BCUT2D eigenvalue weighted by molar-refractivity contribution is 0.368. The van der Waals surface area contributed by atoms with Crippen molar-refractivity contribution in [1.29, 1.82) is 0 Å². The van der Waals surface area contributed by atoms with Crippen molar-refractivity contribution in [1.82, 2.24) is 25.6 Å². The summed E-state index contributed by atoms with van der Waals surface area (Å²) < 4.78 is 7.32. The smallest absolute Gasteiger partial charge is 0.191 e. The lowest BCUT2D eigenvalue weighted by Crippen LogP contribution is -2.38. The maximum atomic E-state index is 5.41. The molecular weight excluding hydrogens is 431 g/mol. The van der Waals surface area contributed by atoms with Gasteiger partial charge in [0.25, 0.3) is 0 Å². The summed E-state index contributed by atoms with van der Waals surface area (Å²) in [5, 5.41) is 14.9. The van der Waals surface area contributed by atoms with E-state index in [-0.39, 0.29) is 24.0 Å². The first-order chi connectivity index (χ1) is 11.7. The molecule has 0 aliphatic carbocycles. The van der Waals surface area contributed by atoms with Gasteiger partial charge in [0, 0.05) is 31.8 Å². The van der Waals surface area contributed by atoms with Crippen molar-refractivity contribution in [3.8, 4) is 0 Å². The molecule has 0 fully saturated rings. The molecule has 0 amide bonds. The first kappa shape index (κ1) is 21.5. The van der Waals surface area contributed by atoms with Gasteiger partial charge in [-0.25, -0.2) is 0 Å². The zero-order valence-corrected chi connectivity index (χ0v) is 17.8. The van der Waals surface area contributed by atoms with Crippen molar-refractivity contribution in [2.24, 2.45) is 4.99 Å². The Kier molecular flexibility index (Phi) is 9.54. The minimum absolute atomic E-state index is 0. The van der Waals surface area contributed by atoms with Gasteiger partial charge in [-0.3, -0.25) is 9.67 Å². The van der Waals surface area contributed by atoms with Gasteiger partial charge in [0.2, 0.25) is 0 Å². The maximum Gasteiger partial charge on any atom is 0.191 e. The van der Waals surface area contributed by atoms with Gasteiger partial charge in [-0.2, -0.15) is 5.10 Å². The minimum Gasteiger partial charge on any atom is -0.359 e. The molecule has 0 aliphatic rings. The quantitative estimate of drug-likeness (QED) is 0.360. The van der Waals surface area contributed by atoms with Crippen molar-refractivity contribution in [3.63, 3.8) is 0 Å². The summed E-state index contributed by atoms with van der Waals surface area (Å²) >= 11 is 0. The largest absolute Gasteiger partial charge is 0.359 e. The average molecular weight is 460 g/mol. The molecule has 8 heteroatoms. The zero-order valence-electron chi connectivity index (χ0n) is 15.5. The van der Waals surface area contributed by atoms with Crippen LogP contribution < -0.4 is 10.6 Å². The fourth-order valence-corrected chi connectivity index (χ4v) is 2.58. The topological polar surface area (TPSA) is 80.3 Å². The summed E-state index contributed by atoms with van der Waals surface area (Å²) in [7, 11) is 1.75. The molecule has 0 unspecified atom stereocenters. The Morgan fingerprint density at radius 1 is 1.32 bits per heavy atom. The first-order valence-electron chi connectivity index (χ1n) is 8.55. The molecule has 0 saturated heterocycles. The van der Waals surface area contributed by atoms with Crippen molar-refractivity contribution in [2.75, 3.05) is 13.6 Å². The molecule has 0 aliphatic heterocycles. The van der Waals surface area contributed by atoms with Crippen LogP contribution in [0.4, 0.5) is 0 Å². The number of aliphatic imine (C=N–C) groups is 1. The number of aryl methyl sites for hydroxylation is 1. The van der Waals surface area contributed by atoms with Gasteiger partial charge in [0.1, 0.15) is 0 Å². The third kappa shape index (κ3) is 6.68. The highest BCUT2D eigenvalue weighted by atomic mass is 127. The van der Waals surface area contributed by atoms with Gasteiger partial charge in [0.05, 0.1) is 25.0 Å². The van der Waals surface area contributed by atoms with Crippen LogP contribution in [0.2, 0.25) is 0 Å². The van der Waals surface area contributed by atoms with Gasteiger partial charge >= 0.3 is 0 Å². The average Bonchev–Trinajstić information content (AvgIpc) is 3.21. The Bertz CT molecular complexity index is 647. The Labute approximate surface area is 166 Å². The molecule has 2 heterocycles. The van der Waals surface area contributed by atoms with Crippen molar-refractivity contribution < 1.29 is 4.52 Å². The molecule has 0 saturated carbocycles. The fraction of sp³-hybridized carbons (Fsp3) is 0.588. The minimum atomic E-state index is 0. The Balaban J connectivity index is 0.00000312. The number of hydrogen-bond acceptors (Lipinski definition) is 4. The molecule has 0 aromatic carbocycles. The van der Waals surface area contributed by atoms with E-state index in [0.717, 1.165) is 48.9 Å². The standard InChI is InChI=1S/C17H28N6O.HI/c1-5-14(6-2)16-9-15(24-22-16)11-20-17(18-4)19-7-8-23-12-13(3)10-21-23;/h9-10,12,14H,5-8,11H2,1-4H3,(H2,18,19,20);1H. The van der Waals surface area contributed by atoms with Crippen LogP contribution in [-0.4, -0.2) is 34.5 Å². The van der Waals surface area contributed by atoms with E-state index in [0.29, 0.717) is 12.5 Å². The predicted octanol–water partition coefficient (Wildman–Crippen LogP) is 3.07. The molecule has 0 atom stereocenters. The number of rotatable bonds is 8. The number of halogens is 1. The van der Waals surface area contributed by atoms with Gasteiger partial charge in [-0.15, -0.1) is 24.0 Å². The lowest BCUT2D eigenvalue weighted by Gasteiger charge is -2.10. The Morgan fingerprint density at radius 2 is 2.08 bits per heavy atom.